The molecular formula is C26H19ClN4O4S. The van der Waals surface area contributed by atoms with Crippen molar-refractivity contribution in [1.82, 2.24) is 4.98 Å². The first-order chi connectivity index (χ1) is 17.4. The highest BCUT2D eigenvalue weighted by Crippen LogP contribution is 2.37. The Bertz CT molecular complexity index is 1400. The third-order valence-corrected chi connectivity index (χ3v) is 6.46. The molecule has 0 bridgehead atoms. The van der Waals surface area contributed by atoms with Crippen LogP contribution in [0, 0.1) is 10.1 Å². The molecule has 180 valence electrons. The maximum atomic E-state index is 13.2. The second kappa shape index (κ2) is 11.5. The topological polar surface area (TPSA) is 114 Å². The standard InChI is InChI=1S/C26H19ClN4O4S/c27-19-12-13-23(28-16-19)30-26(33)24(17-6-2-1-3-7-17)36-22-11-5-9-20(15-22)29-25(32)18-8-4-10-21(14-18)31(34)35/h1-16,24H,(H,29,32)(H,28,30,33). The van der Waals surface area contributed by atoms with Gasteiger partial charge in [0.05, 0.1) is 9.95 Å². The minimum atomic E-state index is -0.605. The summed E-state index contributed by atoms with van der Waals surface area (Å²) in [6.45, 7) is 0. The van der Waals surface area contributed by atoms with Crippen LogP contribution in [-0.4, -0.2) is 21.7 Å². The van der Waals surface area contributed by atoms with Crippen molar-refractivity contribution < 1.29 is 14.5 Å². The molecule has 0 aliphatic heterocycles. The van der Waals surface area contributed by atoms with E-state index in [1.165, 1.54) is 42.2 Å². The first-order valence-electron chi connectivity index (χ1n) is 10.7. The second-order valence-electron chi connectivity index (χ2n) is 7.55. The molecule has 36 heavy (non-hydrogen) atoms. The lowest BCUT2D eigenvalue weighted by Crippen LogP contribution is -2.19. The average Bonchev–Trinajstić information content (AvgIpc) is 2.89. The Balaban J connectivity index is 1.53. The summed E-state index contributed by atoms with van der Waals surface area (Å²) in [5.74, 6) is -0.372. The highest BCUT2D eigenvalue weighted by molar-refractivity contribution is 8.00. The maximum absolute atomic E-state index is 13.2. The molecule has 10 heteroatoms. The van der Waals surface area contributed by atoms with Gasteiger partial charge in [0.1, 0.15) is 11.1 Å². The molecule has 0 saturated carbocycles. The molecule has 0 aliphatic carbocycles. The van der Waals surface area contributed by atoms with Gasteiger partial charge in [-0.15, -0.1) is 11.8 Å². The lowest BCUT2D eigenvalue weighted by atomic mass is 10.1. The molecule has 4 aromatic rings. The Kier molecular flexibility index (Phi) is 7.94. The van der Waals surface area contributed by atoms with E-state index in [9.17, 15) is 19.7 Å². The van der Waals surface area contributed by atoms with Gasteiger partial charge >= 0.3 is 0 Å². The normalized spacial score (nSPS) is 11.4. The number of pyridine rings is 1. The molecule has 3 aromatic carbocycles. The number of rotatable bonds is 8. The van der Waals surface area contributed by atoms with Crippen LogP contribution in [0.15, 0.2) is 102 Å². The van der Waals surface area contributed by atoms with Gasteiger partial charge in [-0.25, -0.2) is 4.98 Å². The van der Waals surface area contributed by atoms with Crippen molar-refractivity contribution in [1.29, 1.82) is 0 Å². The number of nitro benzene ring substituents is 1. The zero-order valence-corrected chi connectivity index (χ0v) is 20.2. The SMILES string of the molecule is O=C(Nc1cccc(SC(C(=O)Nc2ccc(Cl)cn2)c2ccccc2)c1)c1cccc([N+](=O)[O-])c1. The van der Waals surface area contributed by atoms with Gasteiger partial charge in [-0.2, -0.15) is 0 Å². The van der Waals surface area contributed by atoms with Gasteiger partial charge in [0, 0.05) is 34.5 Å². The number of nitrogens with one attached hydrogen (secondary N) is 2. The molecule has 4 rings (SSSR count). The summed E-state index contributed by atoms with van der Waals surface area (Å²) in [6.07, 6.45) is 1.45. The van der Waals surface area contributed by atoms with E-state index in [0.717, 1.165) is 10.5 Å². The van der Waals surface area contributed by atoms with Crippen LogP contribution in [-0.2, 0) is 4.79 Å². The summed E-state index contributed by atoms with van der Waals surface area (Å²) >= 11 is 7.20. The predicted molar refractivity (Wildman–Crippen MR) is 140 cm³/mol. The van der Waals surface area contributed by atoms with Crippen LogP contribution in [0.1, 0.15) is 21.2 Å². The fraction of sp³-hybridized carbons (Fsp3) is 0.0385. The Morgan fingerprint density at radius 1 is 0.917 bits per heavy atom. The lowest BCUT2D eigenvalue weighted by molar-refractivity contribution is -0.384. The average molecular weight is 519 g/mol. The zero-order valence-electron chi connectivity index (χ0n) is 18.6. The molecule has 2 N–H and O–H groups in total. The van der Waals surface area contributed by atoms with Gasteiger partial charge in [0.25, 0.3) is 11.6 Å². The first-order valence-corrected chi connectivity index (χ1v) is 11.9. The molecule has 1 atom stereocenters. The second-order valence-corrected chi connectivity index (χ2v) is 9.16. The van der Waals surface area contributed by atoms with E-state index in [4.69, 9.17) is 11.6 Å². The van der Waals surface area contributed by atoms with Gasteiger partial charge in [0.2, 0.25) is 5.91 Å². The predicted octanol–water partition coefficient (Wildman–Crippen LogP) is 6.37. The van der Waals surface area contributed by atoms with E-state index in [0.29, 0.717) is 16.5 Å². The van der Waals surface area contributed by atoms with Crippen molar-refractivity contribution in [2.24, 2.45) is 0 Å². The molecule has 0 fully saturated rings. The number of benzene rings is 3. The molecular weight excluding hydrogens is 500 g/mol. The summed E-state index contributed by atoms with van der Waals surface area (Å²) < 4.78 is 0. The fourth-order valence-electron chi connectivity index (χ4n) is 3.29. The van der Waals surface area contributed by atoms with E-state index in [1.807, 2.05) is 36.4 Å². The highest BCUT2D eigenvalue weighted by atomic mass is 35.5. The van der Waals surface area contributed by atoms with E-state index in [2.05, 4.69) is 15.6 Å². The summed E-state index contributed by atoms with van der Waals surface area (Å²) in [7, 11) is 0. The van der Waals surface area contributed by atoms with Crippen LogP contribution in [0.5, 0.6) is 0 Å². The molecule has 0 spiro atoms. The Morgan fingerprint density at radius 3 is 2.42 bits per heavy atom. The molecule has 0 saturated heterocycles. The number of anilines is 2. The lowest BCUT2D eigenvalue weighted by Gasteiger charge is -2.17. The van der Waals surface area contributed by atoms with Crippen molar-refractivity contribution in [3.05, 3.63) is 123 Å². The van der Waals surface area contributed by atoms with Gasteiger partial charge in [-0.1, -0.05) is 54.1 Å². The van der Waals surface area contributed by atoms with Crippen LogP contribution < -0.4 is 10.6 Å². The third kappa shape index (κ3) is 6.47. The van der Waals surface area contributed by atoms with Crippen LogP contribution in [0.4, 0.5) is 17.2 Å². The van der Waals surface area contributed by atoms with Crippen LogP contribution >= 0.6 is 23.4 Å². The Hall–Kier alpha value is -4.21. The molecule has 8 nitrogen and oxygen atoms in total. The number of carbonyl (C=O) groups excluding carboxylic acids is 2. The van der Waals surface area contributed by atoms with E-state index in [-0.39, 0.29) is 17.2 Å². The van der Waals surface area contributed by atoms with Crippen LogP contribution in [0.3, 0.4) is 0 Å². The molecule has 0 aliphatic rings. The molecule has 1 heterocycles. The van der Waals surface area contributed by atoms with Gasteiger partial charge < -0.3 is 10.6 Å². The number of thioether (sulfide) groups is 1. The number of nitro groups is 1. The largest absolute Gasteiger partial charge is 0.322 e. The summed E-state index contributed by atoms with van der Waals surface area (Å²) in [4.78, 5) is 41.2. The first kappa shape index (κ1) is 24.9. The van der Waals surface area contributed by atoms with Crippen molar-refractivity contribution in [2.75, 3.05) is 10.6 Å². The van der Waals surface area contributed by atoms with Crippen LogP contribution in [0.2, 0.25) is 5.02 Å². The number of carbonyl (C=O) groups is 2. The molecule has 1 aromatic heterocycles. The number of non-ortho nitro benzene ring substituents is 1. The van der Waals surface area contributed by atoms with Gasteiger partial charge in [-0.3, -0.25) is 19.7 Å². The number of nitrogens with zero attached hydrogens (tertiary/aromatic N) is 2. The summed E-state index contributed by atoms with van der Waals surface area (Å²) in [5.41, 5.74) is 1.28. The monoisotopic (exact) mass is 518 g/mol. The molecule has 2 amide bonds. The van der Waals surface area contributed by atoms with Crippen molar-refractivity contribution in [3.8, 4) is 0 Å². The van der Waals surface area contributed by atoms with Crippen LogP contribution in [0.25, 0.3) is 0 Å². The van der Waals surface area contributed by atoms with E-state index < -0.39 is 16.1 Å². The van der Waals surface area contributed by atoms with Gasteiger partial charge in [-0.05, 0) is 42.0 Å². The number of aromatic nitrogens is 1. The van der Waals surface area contributed by atoms with Crippen molar-refractivity contribution in [3.63, 3.8) is 0 Å². The Labute approximate surface area is 215 Å². The quantitative estimate of drug-likeness (QED) is 0.159. The zero-order chi connectivity index (χ0) is 25.5. The molecule has 1 unspecified atom stereocenters. The Morgan fingerprint density at radius 2 is 1.69 bits per heavy atom. The number of hydrogen-bond acceptors (Lipinski definition) is 6. The third-order valence-electron chi connectivity index (χ3n) is 4.98. The van der Waals surface area contributed by atoms with E-state index in [1.54, 1.807) is 30.3 Å². The smallest absolute Gasteiger partial charge is 0.270 e. The summed E-state index contributed by atoms with van der Waals surface area (Å²) in [5, 5.41) is 16.4. The maximum Gasteiger partial charge on any atom is 0.270 e. The van der Waals surface area contributed by atoms with Gasteiger partial charge in [0.15, 0.2) is 0 Å². The highest BCUT2D eigenvalue weighted by Gasteiger charge is 2.23. The van der Waals surface area contributed by atoms with Crippen molar-refractivity contribution in [2.45, 2.75) is 10.1 Å². The van der Waals surface area contributed by atoms with Crippen molar-refractivity contribution >= 4 is 52.4 Å². The minimum absolute atomic E-state index is 0.166. The minimum Gasteiger partial charge on any atom is -0.322 e. The number of amides is 2. The number of hydrogen-bond donors (Lipinski definition) is 2. The molecule has 0 radical (unpaired) electrons. The number of halogens is 1. The van der Waals surface area contributed by atoms with E-state index >= 15 is 0 Å². The fourth-order valence-corrected chi connectivity index (χ4v) is 4.48. The summed E-state index contributed by atoms with van der Waals surface area (Å²) in [6, 6.07) is 25.1.